The molecule has 1 atom stereocenters. The van der Waals surface area contributed by atoms with Gasteiger partial charge in [0.25, 0.3) is 5.91 Å². The second kappa shape index (κ2) is 5.72. The molecule has 0 fully saturated rings. The predicted octanol–water partition coefficient (Wildman–Crippen LogP) is 3.06. The Morgan fingerprint density at radius 2 is 1.89 bits per heavy atom. The first-order chi connectivity index (χ1) is 9.02. The molecular weight excluding hydrogens is 306 g/mol. The topological polar surface area (TPSA) is 40.5 Å². The maximum Gasteiger partial charge on any atom is 0.253 e. The van der Waals surface area contributed by atoms with Crippen LogP contribution in [0, 0.1) is 0 Å². The number of amides is 1. The fraction of sp³-hybridized carbons (Fsp3) is 0.267. The summed E-state index contributed by atoms with van der Waals surface area (Å²) in [6.07, 6.45) is 0. The number of hydrogen-bond donors (Lipinski definition) is 1. The van der Waals surface area contributed by atoms with Crippen LogP contribution in [0.4, 0.5) is 0 Å². The number of carbonyl (C=O) groups is 1. The van der Waals surface area contributed by atoms with Gasteiger partial charge in [-0.1, -0.05) is 28.1 Å². The van der Waals surface area contributed by atoms with Gasteiger partial charge >= 0.3 is 0 Å². The summed E-state index contributed by atoms with van der Waals surface area (Å²) in [6, 6.07) is 11.4. The van der Waals surface area contributed by atoms with Crippen LogP contribution in [0.25, 0.3) is 10.8 Å². The van der Waals surface area contributed by atoms with E-state index in [0.717, 1.165) is 15.2 Å². The Kier molecular flexibility index (Phi) is 4.22. The molecule has 3 nitrogen and oxygen atoms in total. The van der Waals surface area contributed by atoms with E-state index in [9.17, 15) is 4.79 Å². The van der Waals surface area contributed by atoms with Gasteiger partial charge in [-0.25, -0.2) is 0 Å². The Bertz CT molecular complexity index is 612. The standard InChI is InChI=1S/C15H16BrNO2/c1-10(9-18)17(2)15(19)13-4-3-12-8-14(16)6-5-11(12)7-13/h3-8,10,18H,9H2,1-2H3. The molecule has 2 rings (SSSR count). The zero-order valence-electron chi connectivity index (χ0n) is 10.9. The quantitative estimate of drug-likeness (QED) is 0.943. The zero-order chi connectivity index (χ0) is 14.0. The van der Waals surface area contributed by atoms with Crippen molar-refractivity contribution in [2.24, 2.45) is 0 Å². The van der Waals surface area contributed by atoms with E-state index in [-0.39, 0.29) is 18.6 Å². The minimum atomic E-state index is -0.187. The Morgan fingerprint density at radius 1 is 1.26 bits per heavy atom. The highest BCUT2D eigenvalue weighted by atomic mass is 79.9. The van der Waals surface area contributed by atoms with E-state index >= 15 is 0 Å². The Balaban J connectivity index is 2.35. The van der Waals surface area contributed by atoms with Crippen molar-refractivity contribution >= 4 is 32.6 Å². The molecule has 1 N–H and O–H groups in total. The van der Waals surface area contributed by atoms with Gasteiger partial charge in [0.1, 0.15) is 0 Å². The van der Waals surface area contributed by atoms with Gasteiger partial charge in [0.2, 0.25) is 0 Å². The van der Waals surface area contributed by atoms with Gasteiger partial charge in [0, 0.05) is 17.1 Å². The largest absolute Gasteiger partial charge is 0.394 e. The molecule has 0 saturated carbocycles. The van der Waals surface area contributed by atoms with E-state index in [2.05, 4.69) is 15.9 Å². The van der Waals surface area contributed by atoms with Crippen LogP contribution >= 0.6 is 15.9 Å². The highest BCUT2D eigenvalue weighted by Gasteiger charge is 2.16. The number of benzene rings is 2. The third-order valence-corrected chi connectivity index (χ3v) is 3.79. The van der Waals surface area contributed by atoms with E-state index in [0.29, 0.717) is 5.56 Å². The van der Waals surface area contributed by atoms with Crippen LogP contribution in [0.1, 0.15) is 17.3 Å². The summed E-state index contributed by atoms with van der Waals surface area (Å²) in [4.78, 5) is 13.8. The van der Waals surface area contributed by atoms with Crippen LogP contribution in [0.3, 0.4) is 0 Å². The van der Waals surface area contributed by atoms with Crippen molar-refractivity contribution in [3.63, 3.8) is 0 Å². The van der Waals surface area contributed by atoms with Crippen LogP contribution < -0.4 is 0 Å². The first-order valence-electron chi connectivity index (χ1n) is 6.10. The smallest absolute Gasteiger partial charge is 0.253 e. The van der Waals surface area contributed by atoms with E-state index in [1.54, 1.807) is 11.9 Å². The van der Waals surface area contributed by atoms with E-state index in [4.69, 9.17) is 5.11 Å². The molecule has 100 valence electrons. The summed E-state index contributed by atoms with van der Waals surface area (Å²) in [6.45, 7) is 1.78. The molecule has 0 radical (unpaired) electrons. The second-order valence-electron chi connectivity index (χ2n) is 4.65. The molecule has 0 saturated heterocycles. The average molecular weight is 322 g/mol. The molecule has 0 aliphatic rings. The van der Waals surface area contributed by atoms with Gasteiger partial charge < -0.3 is 10.0 Å². The van der Waals surface area contributed by atoms with Crippen molar-refractivity contribution in [3.05, 3.63) is 46.4 Å². The molecule has 1 unspecified atom stereocenters. The Labute approximate surface area is 121 Å². The molecule has 0 heterocycles. The normalized spacial score (nSPS) is 12.4. The van der Waals surface area contributed by atoms with Crippen molar-refractivity contribution in [3.8, 4) is 0 Å². The van der Waals surface area contributed by atoms with Crippen molar-refractivity contribution < 1.29 is 9.90 Å². The van der Waals surface area contributed by atoms with Crippen molar-refractivity contribution in [1.29, 1.82) is 0 Å². The first-order valence-corrected chi connectivity index (χ1v) is 6.89. The summed E-state index contributed by atoms with van der Waals surface area (Å²) in [7, 11) is 1.70. The summed E-state index contributed by atoms with van der Waals surface area (Å²) >= 11 is 3.43. The van der Waals surface area contributed by atoms with E-state index < -0.39 is 0 Å². The van der Waals surface area contributed by atoms with Crippen LogP contribution in [0.5, 0.6) is 0 Å². The molecular formula is C15H16BrNO2. The lowest BCUT2D eigenvalue weighted by Gasteiger charge is -2.23. The number of fused-ring (bicyclic) bond motifs is 1. The monoisotopic (exact) mass is 321 g/mol. The number of halogens is 1. The van der Waals surface area contributed by atoms with E-state index in [1.165, 1.54) is 0 Å². The fourth-order valence-corrected chi connectivity index (χ4v) is 2.25. The minimum Gasteiger partial charge on any atom is -0.394 e. The van der Waals surface area contributed by atoms with Crippen molar-refractivity contribution in [2.75, 3.05) is 13.7 Å². The van der Waals surface area contributed by atoms with Crippen LogP contribution in [-0.4, -0.2) is 35.6 Å². The second-order valence-corrected chi connectivity index (χ2v) is 5.57. The number of hydrogen-bond acceptors (Lipinski definition) is 2. The van der Waals surface area contributed by atoms with Crippen molar-refractivity contribution in [1.82, 2.24) is 4.90 Å². The minimum absolute atomic E-state index is 0.0389. The fourth-order valence-electron chi connectivity index (χ4n) is 1.88. The number of carbonyl (C=O) groups excluding carboxylic acids is 1. The number of nitrogens with zero attached hydrogens (tertiary/aromatic N) is 1. The summed E-state index contributed by atoms with van der Waals surface area (Å²) < 4.78 is 1.02. The third kappa shape index (κ3) is 2.96. The van der Waals surface area contributed by atoms with Gasteiger partial charge in [-0.2, -0.15) is 0 Å². The molecule has 0 aromatic heterocycles. The molecule has 2 aromatic rings. The molecule has 1 amide bonds. The molecule has 2 aromatic carbocycles. The zero-order valence-corrected chi connectivity index (χ0v) is 12.5. The summed E-state index contributed by atoms with van der Waals surface area (Å²) in [5.41, 5.74) is 0.637. The van der Waals surface area contributed by atoms with Gasteiger partial charge in [0.15, 0.2) is 0 Å². The van der Waals surface area contributed by atoms with Gasteiger partial charge in [-0.3, -0.25) is 4.79 Å². The number of aliphatic hydroxyl groups is 1. The molecule has 0 aliphatic heterocycles. The lowest BCUT2D eigenvalue weighted by atomic mass is 10.1. The number of rotatable bonds is 3. The molecule has 19 heavy (non-hydrogen) atoms. The molecule has 4 heteroatoms. The van der Waals surface area contributed by atoms with Crippen LogP contribution in [0.2, 0.25) is 0 Å². The molecule has 0 aliphatic carbocycles. The maximum atomic E-state index is 12.3. The Hall–Kier alpha value is -1.39. The Morgan fingerprint density at radius 3 is 2.58 bits per heavy atom. The number of likely N-dealkylation sites (N-methyl/N-ethyl adjacent to an activating group) is 1. The van der Waals surface area contributed by atoms with Gasteiger partial charge in [0.05, 0.1) is 12.6 Å². The lowest BCUT2D eigenvalue weighted by Crippen LogP contribution is -2.37. The lowest BCUT2D eigenvalue weighted by molar-refractivity contribution is 0.0682. The van der Waals surface area contributed by atoms with Gasteiger partial charge in [-0.15, -0.1) is 0 Å². The highest BCUT2D eigenvalue weighted by Crippen LogP contribution is 2.21. The SMILES string of the molecule is CC(CO)N(C)C(=O)c1ccc2cc(Br)ccc2c1. The summed E-state index contributed by atoms with van der Waals surface area (Å²) in [5, 5.41) is 11.2. The van der Waals surface area contributed by atoms with Crippen LogP contribution in [-0.2, 0) is 0 Å². The molecule has 0 bridgehead atoms. The van der Waals surface area contributed by atoms with E-state index in [1.807, 2.05) is 43.3 Å². The highest BCUT2D eigenvalue weighted by molar-refractivity contribution is 9.10. The third-order valence-electron chi connectivity index (χ3n) is 3.29. The van der Waals surface area contributed by atoms with Gasteiger partial charge in [-0.05, 0) is 42.0 Å². The average Bonchev–Trinajstić information content (AvgIpc) is 2.44. The summed E-state index contributed by atoms with van der Waals surface area (Å²) in [5.74, 6) is -0.0774. The number of aliphatic hydroxyl groups excluding tert-OH is 1. The predicted molar refractivity (Wildman–Crippen MR) is 80.3 cm³/mol. The maximum absolute atomic E-state index is 12.3. The van der Waals surface area contributed by atoms with Crippen molar-refractivity contribution in [2.45, 2.75) is 13.0 Å². The molecule has 0 spiro atoms. The first kappa shape index (κ1) is 14.0. The van der Waals surface area contributed by atoms with Crippen LogP contribution in [0.15, 0.2) is 40.9 Å².